The van der Waals surface area contributed by atoms with Crippen LogP contribution in [0.2, 0.25) is 0 Å². The van der Waals surface area contributed by atoms with E-state index in [4.69, 9.17) is 0 Å². The summed E-state index contributed by atoms with van der Waals surface area (Å²) in [5.41, 5.74) is 0. The maximum atomic E-state index is 0. The Kier molecular flexibility index (Phi) is 116. The summed E-state index contributed by atoms with van der Waals surface area (Å²) in [7, 11) is 0. The SMILES string of the molecule is O.[La].[Ni].[Pr]. The van der Waals surface area contributed by atoms with E-state index >= 15 is 0 Å². The topological polar surface area (TPSA) is 31.5 Å². The second-order valence-corrected chi connectivity index (χ2v) is 0. The van der Waals surface area contributed by atoms with E-state index < -0.39 is 0 Å². The van der Waals surface area contributed by atoms with Gasteiger partial charge in [0, 0.05) is 93.4 Å². The molecular formula is H2LaNiOPr. The van der Waals surface area contributed by atoms with Gasteiger partial charge in [-0.05, 0) is 0 Å². The molecule has 0 saturated carbocycles. The molecular weight excluding hydrogens is 355 g/mol. The predicted molar refractivity (Wildman–Crippen MR) is 3.61 cm³/mol. The van der Waals surface area contributed by atoms with Gasteiger partial charge in [0.2, 0.25) is 0 Å². The smallest absolute Gasteiger partial charge is 0 e. The summed E-state index contributed by atoms with van der Waals surface area (Å²) < 4.78 is 0. The molecule has 0 rings (SSSR count). The Balaban J connectivity index is 0. The first-order valence-electron chi connectivity index (χ1n) is 0. The van der Waals surface area contributed by atoms with Crippen molar-refractivity contribution in [1.29, 1.82) is 0 Å². The minimum Gasteiger partial charge on any atom is -0.412 e. The van der Waals surface area contributed by atoms with E-state index in [-0.39, 0.29) is 98.9 Å². The molecule has 0 saturated heterocycles. The Morgan fingerprint density at radius 3 is 1.00 bits per heavy atom. The van der Waals surface area contributed by atoms with E-state index in [0.29, 0.717) is 0 Å². The molecule has 0 unspecified atom stereocenters. The summed E-state index contributed by atoms with van der Waals surface area (Å²) >= 11 is 0. The van der Waals surface area contributed by atoms with E-state index in [1.54, 1.807) is 0 Å². The van der Waals surface area contributed by atoms with Gasteiger partial charge >= 0.3 is 0 Å². The van der Waals surface area contributed by atoms with Crippen LogP contribution in [0.5, 0.6) is 0 Å². The Hall–Kier alpha value is 3.01. The van der Waals surface area contributed by atoms with Crippen LogP contribution in [-0.2, 0) is 16.5 Å². The van der Waals surface area contributed by atoms with Gasteiger partial charge < -0.3 is 5.48 Å². The third kappa shape index (κ3) is 8.89. The minimum atomic E-state index is 0. The van der Waals surface area contributed by atoms with Crippen LogP contribution in [-0.4, -0.2) is 5.48 Å². The van der Waals surface area contributed by atoms with E-state index in [1.165, 1.54) is 0 Å². The third-order valence-electron chi connectivity index (χ3n) is 0. The first-order valence-corrected chi connectivity index (χ1v) is 0. The van der Waals surface area contributed by atoms with Crippen molar-refractivity contribution < 1.29 is 98.9 Å². The second kappa shape index (κ2) is 16.6. The van der Waals surface area contributed by atoms with Gasteiger partial charge in [0.1, 0.15) is 0 Å². The summed E-state index contributed by atoms with van der Waals surface area (Å²) in [6.07, 6.45) is 0. The van der Waals surface area contributed by atoms with Gasteiger partial charge in [-0.25, -0.2) is 0 Å². The van der Waals surface area contributed by atoms with Crippen molar-refractivity contribution in [3.05, 3.63) is 0 Å². The summed E-state index contributed by atoms with van der Waals surface area (Å²) in [5, 5.41) is 0. The average Bonchev–Trinajstić information content (AvgIpc) is 0. The Morgan fingerprint density at radius 1 is 1.00 bits per heavy atom. The summed E-state index contributed by atoms with van der Waals surface area (Å²) in [5.74, 6) is 0. The molecule has 4 heavy (non-hydrogen) atoms. The van der Waals surface area contributed by atoms with Crippen LogP contribution in [0.15, 0.2) is 0 Å². The minimum absolute atomic E-state index is 0. The van der Waals surface area contributed by atoms with Crippen LogP contribution in [0.1, 0.15) is 0 Å². The van der Waals surface area contributed by atoms with Crippen molar-refractivity contribution in [2.24, 2.45) is 0 Å². The fourth-order valence-electron chi connectivity index (χ4n) is 0. The normalized spacial score (nSPS) is 0. The second-order valence-electron chi connectivity index (χ2n) is 0. The van der Waals surface area contributed by atoms with Gasteiger partial charge in [0.15, 0.2) is 0 Å². The van der Waals surface area contributed by atoms with Crippen molar-refractivity contribution in [2.45, 2.75) is 0 Å². The molecule has 4 heteroatoms. The monoisotopic (exact) mass is 356 g/mol. The molecule has 0 aromatic rings. The number of hydrogen-bond donors (Lipinski definition) is 0. The van der Waals surface area contributed by atoms with Gasteiger partial charge in [-0.1, -0.05) is 0 Å². The molecule has 0 heterocycles. The molecule has 2 N–H and O–H groups in total. The van der Waals surface area contributed by atoms with Crippen LogP contribution >= 0.6 is 0 Å². The van der Waals surface area contributed by atoms with Crippen molar-refractivity contribution in [3.8, 4) is 0 Å². The molecule has 0 aliphatic carbocycles. The van der Waals surface area contributed by atoms with Gasteiger partial charge in [-0.3, -0.25) is 0 Å². The molecule has 1 nitrogen and oxygen atoms in total. The van der Waals surface area contributed by atoms with E-state index in [2.05, 4.69) is 0 Å². The quantitative estimate of drug-likeness (QED) is 0.508. The fraction of sp³-hybridized carbons (Fsp3) is 0. The zero-order valence-corrected chi connectivity index (χ0v) is 10.3. The van der Waals surface area contributed by atoms with Gasteiger partial charge in [0.25, 0.3) is 0 Å². The van der Waals surface area contributed by atoms with Crippen molar-refractivity contribution in [1.82, 2.24) is 0 Å². The Morgan fingerprint density at radius 2 is 1.00 bits per heavy atom. The standard InChI is InChI=1S/La.Ni.H2O.Pr/h;;1H2;. The van der Waals surface area contributed by atoms with E-state index in [1.807, 2.05) is 0 Å². The first-order chi connectivity index (χ1) is 0. The molecule has 0 aromatic carbocycles. The van der Waals surface area contributed by atoms with Crippen LogP contribution in [0.3, 0.4) is 0 Å². The van der Waals surface area contributed by atoms with Gasteiger partial charge in [-0.2, -0.15) is 0 Å². The summed E-state index contributed by atoms with van der Waals surface area (Å²) in [4.78, 5) is 0. The first kappa shape index (κ1) is 27.9. The molecule has 0 spiro atoms. The maximum absolute atomic E-state index is 0. The third-order valence-corrected chi connectivity index (χ3v) is 0. The summed E-state index contributed by atoms with van der Waals surface area (Å²) in [6.45, 7) is 0. The van der Waals surface area contributed by atoms with Gasteiger partial charge in [-0.15, -0.1) is 0 Å². The van der Waals surface area contributed by atoms with Crippen molar-refractivity contribution in [2.75, 3.05) is 0 Å². The summed E-state index contributed by atoms with van der Waals surface area (Å²) in [6, 6.07) is 0. The Labute approximate surface area is 96.5 Å². The van der Waals surface area contributed by atoms with Gasteiger partial charge in [0.05, 0.1) is 0 Å². The average molecular weight is 357 g/mol. The Bertz CT molecular complexity index is 8.00. The van der Waals surface area contributed by atoms with Crippen LogP contribution in [0, 0.1) is 76.9 Å². The van der Waals surface area contributed by atoms with E-state index in [0.717, 1.165) is 0 Å². The molecule has 0 amide bonds. The molecule has 0 aliphatic heterocycles. The zero-order chi connectivity index (χ0) is 0. The molecule has 0 bridgehead atoms. The predicted octanol–water partition coefficient (Wildman–Crippen LogP) is -0.827. The van der Waals surface area contributed by atoms with Crippen LogP contribution in [0.25, 0.3) is 0 Å². The largest absolute Gasteiger partial charge is 0.412 e. The molecule has 0 fully saturated rings. The van der Waals surface area contributed by atoms with Crippen LogP contribution in [0.4, 0.5) is 0 Å². The maximum Gasteiger partial charge on any atom is 0 e. The number of hydrogen-bond acceptors (Lipinski definition) is 0. The molecule has 0 atom stereocenters. The number of rotatable bonds is 0. The molecule has 2 radical (unpaired) electrons. The molecule has 0 aliphatic rings. The van der Waals surface area contributed by atoms with Crippen LogP contribution < -0.4 is 0 Å². The molecule has 24 valence electrons. The fourth-order valence-corrected chi connectivity index (χ4v) is 0. The zero-order valence-electron chi connectivity index (χ0n) is 1.97. The van der Waals surface area contributed by atoms with Crippen molar-refractivity contribution >= 4 is 0 Å². The molecule has 0 aromatic heterocycles. The van der Waals surface area contributed by atoms with Crippen molar-refractivity contribution in [3.63, 3.8) is 0 Å². The van der Waals surface area contributed by atoms with E-state index in [9.17, 15) is 0 Å².